The molecule has 0 aromatic carbocycles. The number of nitrogen functional groups attached to an aromatic ring is 1. The Labute approximate surface area is 77.4 Å². The normalized spacial score (nSPS) is 11.1. The summed E-state index contributed by atoms with van der Waals surface area (Å²) in [5, 5.41) is 0. The summed E-state index contributed by atoms with van der Waals surface area (Å²) in [6.45, 7) is 0. The molecule has 0 spiro atoms. The van der Waals surface area contributed by atoms with Crippen molar-refractivity contribution in [2.45, 2.75) is 6.36 Å². The molecule has 0 atom stereocenters. The molecule has 0 radical (unpaired) electrons. The van der Waals surface area contributed by atoms with Gasteiger partial charge < -0.3 is 15.2 Å². The van der Waals surface area contributed by atoms with Gasteiger partial charge in [-0.25, -0.2) is 4.98 Å². The van der Waals surface area contributed by atoms with E-state index in [1.54, 1.807) is 0 Å². The maximum absolute atomic E-state index is 11.8. The average molecular weight is 208 g/mol. The van der Waals surface area contributed by atoms with Gasteiger partial charge >= 0.3 is 6.36 Å². The summed E-state index contributed by atoms with van der Waals surface area (Å²) in [6.07, 6.45) is -3.60. The topological polar surface area (TPSA) is 57.4 Å². The van der Waals surface area contributed by atoms with Gasteiger partial charge in [0, 0.05) is 6.07 Å². The zero-order valence-corrected chi connectivity index (χ0v) is 7.13. The molecule has 1 rings (SSSR count). The molecule has 0 saturated carbocycles. The highest BCUT2D eigenvalue weighted by molar-refractivity contribution is 5.48. The van der Waals surface area contributed by atoms with Crippen molar-refractivity contribution in [2.24, 2.45) is 0 Å². The Balaban J connectivity index is 2.95. The largest absolute Gasteiger partial charge is 0.573 e. The zero-order valence-electron chi connectivity index (χ0n) is 7.13. The van der Waals surface area contributed by atoms with E-state index in [1.807, 2.05) is 0 Å². The average Bonchev–Trinajstić information content (AvgIpc) is 2.06. The van der Waals surface area contributed by atoms with Gasteiger partial charge in [-0.05, 0) is 0 Å². The van der Waals surface area contributed by atoms with Crippen molar-refractivity contribution in [1.82, 2.24) is 4.98 Å². The summed E-state index contributed by atoms with van der Waals surface area (Å²) in [7, 11) is 1.30. The maximum Gasteiger partial charge on any atom is 0.573 e. The van der Waals surface area contributed by atoms with Gasteiger partial charge in [0.05, 0.1) is 13.3 Å². The van der Waals surface area contributed by atoms with Crippen molar-refractivity contribution in [3.05, 3.63) is 12.3 Å². The molecule has 0 bridgehead atoms. The lowest BCUT2D eigenvalue weighted by molar-refractivity contribution is -0.274. The fraction of sp³-hybridized carbons (Fsp3) is 0.286. The highest BCUT2D eigenvalue weighted by Gasteiger charge is 2.32. The van der Waals surface area contributed by atoms with Crippen LogP contribution in [0.2, 0.25) is 0 Å². The monoisotopic (exact) mass is 208 g/mol. The number of hydrogen-bond donors (Lipinski definition) is 1. The van der Waals surface area contributed by atoms with Crippen LogP contribution in [0.3, 0.4) is 0 Å². The van der Waals surface area contributed by atoms with Crippen LogP contribution in [0, 0.1) is 0 Å². The fourth-order valence-corrected chi connectivity index (χ4v) is 0.755. The lowest BCUT2D eigenvalue weighted by Gasteiger charge is -2.10. The van der Waals surface area contributed by atoms with Crippen LogP contribution in [0.1, 0.15) is 0 Å². The van der Waals surface area contributed by atoms with Crippen molar-refractivity contribution in [1.29, 1.82) is 0 Å². The van der Waals surface area contributed by atoms with E-state index in [-0.39, 0.29) is 11.6 Å². The molecule has 78 valence electrons. The van der Waals surface area contributed by atoms with E-state index in [2.05, 4.69) is 14.5 Å². The first-order valence-corrected chi connectivity index (χ1v) is 3.47. The first-order chi connectivity index (χ1) is 6.42. The quantitative estimate of drug-likeness (QED) is 0.801. The lowest BCUT2D eigenvalue weighted by atomic mass is 10.4. The molecule has 0 amide bonds. The number of halogens is 3. The molecule has 0 saturated heterocycles. The first kappa shape index (κ1) is 10.4. The van der Waals surface area contributed by atoms with E-state index in [0.717, 1.165) is 6.07 Å². The molecule has 0 aliphatic carbocycles. The van der Waals surface area contributed by atoms with Gasteiger partial charge in [-0.2, -0.15) is 0 Å². The molecule has 0 unspecified atom stereocenters. The number of alkyl halides is 3. The van der Waals surface area contributed by atoms with Gasteiger partial charge in [0.25, 0.3) is 0 Å². The Kier molecular flexibility index (Phi) is 2.68. The van der Waals surface area contributed by atoms with Crippen LogP contribution in [0.5, 0.6) is 11.5 Å². The van der Waals surface area contributed by atoms with Crippen molar-refractivity contribution in [3.8, 4) is 11.5 Å². The summed E-state index contributed by atoms with van der Waals surface area (Å²) in [5.74, 6) is -0.779. The Morgan fingerprint density at radius 1 is 1.43 bits per heavy atom. The molecule has 0 fully saturated rings. The molecular formula is C7H7F3N2O2. The predicted molar refractivity (Wildman–Crippen MR) is 41.9 cm³/mol. The number of methoxy groups -OCH3 is 1. The number of nitrogens with zero attached hydrogens (tertiary/aromatic N) is 1. The second-order valence-corrected chi connectivity index (χ2v) is 2.31. The third-order valence-electron chi connectivity index (χ3n) is 1.32. The molecule has 1 heterocycles. The lowest BCUT2D eigenvalue weighted by Crippen LogP contribution is -2.18. The van der Waals surface area contributed by atoms with Crippen LogP contribution < -0.4 is 15.2 Å². The second kappa shape index (κ2) is 3.60. The van der Waals surface area contributed by atoms with Crippen LogP contribution in [-0.4, -0.2) is 18.5 Å². The zero-order chi connectivity index (χ0) is 10.8. The minimum absolute atomic E-state index is 0.137. The first-order valence-electron chi connectivity index (χ1n) is 3.47. The molecule has 7 heteroatoms. The molecule has 4 nitrogen and oxygen atoms in total. The standard InChI is InChI=1S/C7H7F3N2O2/c1-13-4-2-5(6(11)12-3-4)14-7(8,9)10/h2-3H,1H3,(H2,11,12). The van der Waals surface area contributed by atoms with Gasteiger partial charge in [-0.3, -0.25) is 0 Å². The minimum Gasteiger partial charge on any atom is -0.495 e. The van der Waals surface area contributed by atoms with Crippen LogP contribution in [-0.2, 0) is 0 Å². The molecule has 1 aromatic heterocycles. The van der Waals surface area contributed by atoms with Crippen molar-refractivity contribution in [2.75, 3.05) is 12.8 Å². The predicted octanol–water partition coefficient (Wildman–Crippen LogP) is 1.57. The van der Waals surface area contributed by atoms with Gasteiger partial charge in [0.2, 0.25) is 0 Å². The van der Waals surface area contributed by atoms with Crippen LogP contribution in [0.4, 0.5) is 19.0 Å². The fourth-order valence-electron chi connectivity index (χ4n) is 0.755. The van der Waals surface area contributed by atoms with Crippen LogP contribution in [0.25, 0.3) is 0 Å². The molecule has 0 aliphatic heterocycles. The third kappa shape index (κ3) is 2.68. The van der Waals surface area contributed by atoms with E-state index in [4.69, 9.17) is 5.73 Å². The second-order valence-electron chi connectivity index (χ2n) is 2.31. The van der Waals surface area contributed by atoms with E-state index in [1.165, 1.54) is 13.3 Å². The number of hydrogen-bond acceptors (Lipinski definition) is 4. The number of rotatable bonds is 2. The number of anilines is 1. The maximum atomic E-state index is 11.8. The Morgan fingerprint density at radius 3 is 2.57 bits per heavy atom. The number of pyridine rings is 1. The molecular weight excluding hydrogens is 201 g/mol. The molecule has 2 N–H and O–H groups in total. The smallest absolute Gasteiger partial charge is 0.495 e. The SMILES string of the molecule is COc1cnc(N)c(OC(F)(F)F)c1. The number of ether oxygens (including phenoxy) is 2. The van der Waals surface area contributed by atoms with Crippen LogP contribution in [0.15, 0.2) is 12.3 Å². The molecule has 1 aromatic rings. The Bertz CT molecular complexity index is 327. The summed E-state index contributed by atoms with van der Waals surface area (Å²) in [6, 6.07) is 1.01. The Hall–Kier alpha value is -1.66. The summed E-state index contributed by atoms with van der Waals surface area (Å²) < 4.78 is 43.7. The van der Waals surface area contributed by atoms with E-state index in [0.29, 0.717) is 0 Å². The Morgan fingerprint density at radius 2 is 2.07 bits per heavy atom. The van der Waals surface area contributed by atoms with Crippen molar-refractivity contribution >= 4 is 5.82 Å². The van der Waals surface area contributed by atoms with Crippen molar-refractivity contribution < 1.29 is 22.6 Å². The van der Waals surface area contributed by atoms with Crippen molar-refractivity contribution in [3.63, 3.8) is 0 Å². The summed E-state index contributed by atoms with van der Waals surface area (Å²) in [5.41, 5.74) is 5.16. The van der Waals surface area contributed by atoms with Gasteiger partial charge in [-0.1, -0.05) is 0 Å². The van der Waals surface area contributed by atoms with Crippen LogP contribution >= 0.6 is 0 Å². The summed E-state index contributed by atoms with van der Waals surface area (Å²) in [4.78, 5) is 3.46. The third-order valence-corrected chi connectivity index (χ3v) is 1.32. The molecule has 14 heavy (non-hydrogen) atoms. The van der Waals surface area contributed by atoms with Gasteiger partial charge in [0.15, 0.2) is 11.6 Å². The number of nitrogens with two attached hydrogens (primary N) is 1. The highest BCUT2D eigenvalue weighted by atomic mass is 19.4. The molecule has 0 aliphatic rings. The minimum atomic E-state index is -4.79. The highest BCUT2D eigenvalue weighted by Crippen LogP contribution is 2.29. The number of aromatic nitrogens is 1. The summed E-state index contributed by atoms with van der Waals surface area (Å²) >= 11 is 0. The van der Waals surface area contributed by atoms with E-state index < -0.39 is 12.1 Å². The van der Waals surface area contributed by atoms with Gasteiger partial charge in [0.1, 0.15) is 5.75 Å². The van der Waals surface area contributed by atoms with E-state index >= 15 is 0 Å². The van der Waals surface area contributed by atoms with Gasteiger partial charge in [-0.15, -0.1) is 13.2 Å². The van der Waals surface area contributed by atoms with E-state index in [9.17, 15) is 13.2 Å².